The van der Waals surface area contributed by atoms with Gasteiger partial charge in [0.15, 0.2) is 6.10 Å². The molecule has 0 saturated carbocycles. The fraction of sp³-hybridized carbons (Fsp3) is 0.294. The number of ether oxygens (including phenoxy) is 1. The van der Waals surface area contributed by atoms with Crippen LogP contribution in [0.15, 0.2) is 30.3 Å². The summed E-state index contributed by atoms with van der Waals surface area (Å²) < 4.78 is 5.17. The van der Waals surface area contributed by atoms with Gasteiger partial charge in [-0.3, -0.25) is 14.9 Å². The molecule has 1 unspecified atom stereocenters. The normalized spacial score (nSPS) is 11.6. The highest BCUT2D eigenvalue weighted by molar-refractivity contribution is 7.14. The summed E-state index contributed by atoms with van der Waals surface area (Å²) in [7, 11) is 0. The number of nitrogens with zero attached hydrogens (tertiary/aromatic N) is 1. The van der Waals surface area contributed by atoms with E-state index in [1.165, 1.54) is 36.5 Å². The van der Waals surface area contributed by atoms with Crippen LogP contribution in [0.25, 0.3) is 0 Å². The first kappa shape index (κ1) is 18.6. The summed E-state index contributed by atoms with van der Waals surface area (Å²) in [6, 6.07) is 7.51. The molecule has 1 amide bonds. The summed E-state index contributed by atoms with van der Waals surface area (Å²) in [4.78, 5) is 36.2. The Bertz CT molecular complexity index is 815. The minimum absolute atomic E-state index is 0.0561. The zero-order valence-corrected chi connectivity index (χ0v) is 14.9. The molecule has 0 aliphatic rings. The van der Waals surface area contributed by atoms with Crippen LogP contribution in [-0.4, -0.2) is 22.9 Å². The second-order valence-corrected chi connectivity index (χ2v) is 6.52. The van der Waals surface area contributed by atoms with Crippen LogP contribution in [0.5, 0.6) is 0 Å². The van der Waals surface area contributed by atoms with E-state index in [1.54, 1.807) is 12.1 Å². The third kappa shape index (κ3) is 4.42. The zero-order valence-electron chi connectivity index (χ0n) is 14.1. The first-order valence-corrected chi connectivity index (χ1v) is 8.49. The molecule has 0 aliphatic heterocycles. The van der Waals surface area contributed by atoms with Gasteiger partial charge < -0.3 is 10.1 Å². The molecule has 0 saturated heterocycles. The summed E-state index contributed by atoms with van der Waals surface area (Å²) in [5.74, 6) is -1.22. The third-order valence-electron chi connectivity index (χ3n) is 3.55. The second-order valence-electron chi connectivity index (χ2n) is 5.38. The van der Waals surface area contributed by atoms with E-state index in [-0.39, 0.29) is 11.4 Å². The molecule has 1 atom stereocenters. The Morgan fingerprint density at radius 1 is 1.36 bits per heavy atom. The predicted molar refractivity (Wildman–Crippen MR) is 95.0 cm³/mol. The number of nitrogens with one attached hydrogen (secondary N) is 1. The van der Waals surface area contributed by atoms with Crippen LogP contribution in [0.1, 0.15) is 34.0 Å². The number of rotatable bonds is 6. The van der Waals surface area contributed by atoms with E-state index in [9.17, 15) is 19.7 Å². The molecule has 1 heterocycles. The van der Waals surface area contributed by atoms with Gasteiger partial charge in [-0.05, 0) is 38.0 Å². The molecular formula is C17H18N2O5S. The molecule has 7 nitrogen and oxygen atoms in total. The van der Waals surface area contributed by atoms with Gasteiger partial charge in [-0.2, -0.15) is 0 Å². The minimum atomic E-state index is -1.08. The van der Waals surface area contributed by atoms with Crippen molar-refractivity contribution in [3.8, 4) is 0 Å². The van der Waals surface area contributed by atoms with Crippen LogP contribution in [0, 0.1) is 17.0 Å². The van der Waals surface area contributed by atoms with Gasteiger partial charge in [0, 0.05) is 10.9 Å². The van der Waals surface area contributed by atoms with E-state index in [0.717, 1.165) is 16.9 Å². The van der Waals surface area contributed by atoms with Crippen LogP contribution in [0.3, 0.4) is 0 Å². The van der Waals surface area contributed by atoms with Crippen molar-refractivity contribution in [2.24, 2.45) is 0 Å². The molecule has 0 fully saturated rings. The molecule has 132 valence electrons. The number of aryl methyl sites for hydroxylation is 2. The van der Waals surface area contributed by atoms with Crippen molar-refractivity contribution < 1.29 is 19.2 Å². The summed E-state index contributed by atoms with van der Waals surface area (Å²) in [5.41, 5.74) is 0.841. The largest absolute Gasteiger partial charge is 0.448 e. The van der Waals surface area contributed by atoms with Gasteiger partial charge in [0.1, 0.15) is 10.6 Å². The van der Waals surface area contributed by atoms with E-state index in [1.807, 2.05) is 13.8 Å². The van der Waals surface area contributed by atoms with Gasteiger partial charge >= 0.3 is 5.97 Å². The van der Waals surface area contributed by atoms with Crippen molar-refractivity contribution in [2.75, 3.05) is 5.32 Å². The van der Waals surface area contributed by atoms with Crippen LogP contribution in [0.2, 0.25) is 0 Å². The van der Waals surface area contributed by atoms with Gasteiger partial charge in [0.05, 0.1) is 4.92 Å². The number of carbonyl (C=O) groups is 2. The van der Waals surface area contributed by atoms with Crippen molar-refractivity contribution in [1.29, 1.82) is 0 Å². The number of nitro benzene ring substituents is 1. The highest BCUT2D eigenvalue weighted by Crippen LogP contribution is 2.25. The maximum atomic E-state index is 12.2. The summed E-state index contributed by atoms with van der Waals surface area (Å²) in [6.45, 7) is 5.33. The molecule has 0 spiro atoms. The van der Waals surface area contributed by atoms with Crippen LogP contribution >= 0.6 is 11.3 Å². The highest BCUT2D eigenvalue weighted by Gasteiger charge is 2.23. The standard InChI is InChI=1S/C17H18N2O5S/c1-4-14-10(2)9-15(25-14)17(21)24-11(3)16(20)18-12-7-5-6-8-13(12)19(22)23/h5-9,11H,4H2,1-3H3,(H,18,20). The van der Waals surface area contributed by atoms with Gasteiger partial charge in [-0.25, -0.2) is 4.79 Å². The number of amides is 1. The fourth-order valence-electron chi connectivity index (χ4n) is 2.22. The van der Waals surface area contributed by atoms with Crippen molar-refractivity contribution in [1.82, 2.24) is 0 Å². The fourth-order valence-corrected chi connectivity index (χ4v) is 3.21. The van der Waals surface area contributed by atoms with Crippen molar-refractivity contribution in [3.05, 3.63) is 55.8 Å². The Hall–Kier alpha value is -2.74. The molecule has 2 aromatic rings. The van der Waals surface area contributed by atoms with Crippen LogP contribution < -0.4 is 5.32 Å². The Labute approximate surface area is 148 Å². The number of hydrogen-bond donors (Lipinski definition) is 1. The second kappa shape index (κ2) is 7.89. The van der Waals surface area contributed by atoms with E-state index in [2.05, 4.69) is 5.32 Å². The Balaban J connectivity index is 2.05. The molecule has 1 N–H and O–H groups in total. The number of anilines is 1. The maximum Gasteiger partial charge on any atom is 0.349 e. The minimum Gasteiger partial charge on any atom is -0.448 e. The Kier molecular flexibility index (Phi) is 5.87. The predicted octanol–water partition coefficient (Wildman–Crippen LogP) is 3.71. The number of esters is 1. The van der Waals surface area contributed by atoms with Gasteiger partial charge in [0.25, 0.3) is 11.6 Å². The Morgan fingerprint density at radius 2 is 2.04 bits per heavy atom. The molecular weight excluding hydrogens is 344 g/mol. The highest BCUT2D eigenvalue weighted by atomic mass is 32.1. The van der Waals surface area contributed by atoms with E-state index < -0.39 is 22.9 Å². The lowest BCUT2D eigenvalue weighted by Gasteiger charge is -2.13. The number of nitro groups is 1. The summed E-state index contributed by atoms with van der Waals surface area (Å²) >= 11 is 1.34. The number of benzene rings is 1. The van der Waals surface area contributed by atoms with Gasteiger partial charge in [-0.1, -0.05) is 19.1 Å². The van der Waals surface area contributed by atoms with E-state index in [0.29, 0.717) is 4.88 Å². The van der Waals surface area contributed by atoms with Crippen LogP contribution in [-0.2, 0) is 16.0 Å². The van der Waals surface area contributed by atoms with Crippen molar-refractivity contribution in [3.63, 3.8) is 0 Å². The molecule has 8 heteroatoms. The topological polar surface area (TPSA) is 98.5 Å². The van der Waals surface area contributed by atoms with E-state index in [4.69, 9.17) is 4.74 Å². The average molecular weight is 362 g/mol. The molecule has 0 aliphatic carbocycles. The molecule has 25 heavy (non-hydrogen) atoms. The maximum absolute atomic E-state index is 12.2. The smallest absolute Gasteiger partial charge is 0.349 e. The SMILES string of the molecule is CCc1sc(C(=O)OC(C)C(=O)Nc2ccccc2[N+](=O)[O-])cc1C. The molecule has 0 radical (unpaired) electrons. The van der Waals surface area contributed by atoms with Gasteiger partial charge in [0.2, 0.25) is 0 Å². The van der Waals surface area contributed by atoms with Crippen molar-refractivity contribution >= 4 is 34.6 Å². The summed E-state index contributed by atoms with van der Waals surface area (Å²) in [5, 5.41) is 13.4. The monoisotopic (exact) mass is 362 g/mol. The number of thiophene rings is 1. The lowest BCUT2D eigenvalue weighted by atomic mass is 10.2. The zero-order chi connectivity index (χ0) is 18.6. The van der Waals surface area contributed by atoms with Crippen LogP contribution in [0.4, 0.5) is 11.4 Å². The Morgan fingerprint density at radius 3 is 2.64 bits per heavy atom. The molecule has 1 aromatic heterocycles. The molecule has 2 rings (SSSR count). The molecule has 0 bridgehead atoms. The molecule has 1 aromatic carbocycles. The quantitative estimate of drug-likeness (QED) is 0.480. The average Bonchev–Trinajstić information content (AvgIpc) is 2.96. The number of para-hydroxylation sites is 2. The van der Waals surface area contributed by atoms with Crippen molar-refractivity contribution in [2.45, 2.75) is 33.3 Å². The third-order valence-corrected chi connectivity index (χ3v) is 4.92. The lowest BCUT2D eigenvalue weighted by Crippen LogP contribution is -2.30. The first-order valence-electron chi connectivity index (χ1n) is 7.68. The van der Waals surface area contributed by atoms with Gasteiger partial charge in [-0.15, -0.1) is 11.3 Å². The van der Waals surface area contributed by atoms with E-state index >= 15 is 0 Å². The summed E-state index contributed by atoms with van der Waals surface area (Å²) in [6.07, 6.45) is -0.267. The first-order chi connectivity index (χ1) is 11.8. The number of carbonyl (C=O) groups excluding carboxylic acids is 2. The lowest BCUT2D eigenvalue weighted by molar-refractivity contribution is -0.383. The number of hydrogen-bond acceptors (Lipinski definition) is 6.